The van der Waals surface area contributed by atoms with Gasteiger partial charge in [-0.2, -0.15) is 0 Å². The topological polar surface area (TPSA) is 75.4 Å². The van der Waals surface area contributed by atoms with Crippen molar-refractivity contribution >= 4 is 17.4 Å². The molecule has 7 heteroatoms. The van der Waals surface area contributed by atoms with Gasteiger partial charge >= 0.3 is 0 Å². The summed E-state index contributed by atoms with van der Waals surface area (Å²) in [5.74, 6) is -2.39. The molecule has 1 aliphatic heterocycles. The monoisotopic (exact) mass is 419 g/mol. The molecule has 0 aliphatic carbocycles. The van der Waals surface area contributed by atoms with Gasteiger partial charge in [0.15, 0.2) is 0 Å². The van der Waals surface area contributed by atoms with Crippen LogP contribution in [0.2, 0.25) is 0 Å². The van der Waals surface area contributed by atoms with Gasteiger partial charge in [0.25, 0.3) is 11.7 Å². The number of benzene rings is 2. The summed E-state index contributed by atoms with van der Waals surface area (Å²) in [4.78, 5) is 31.2. The maximum Gasteiger partial charge on any atom is 0.295 e. The maximum absolute atomic E-state index is 14.7. The van der Waals surface area contributed by atoms with E-state index in [-0.39, 0.29) is 23.4 Å². The van der Waals surface area contributed by atoms with Gasteiger partial charge in [-0.25, -0.2) is 9.37 Å². The highest BCUT2D eigenvalue weighted by Crippen LogP contribution is 2.40. The number of halogens is 1. The molecule has 1 fully saturated rings. The van der Waals surface area contributed by atoms with E-state index in [4.69, 9.17) is 0 Å². The number of aliphatic hydroxyl groups excluding tert-OH is 1. The van der Waals surface area contributed by atoms with Crippen LogP contribution >= 0.6 is 0 Å². The van der Waals surface area contributed by atoms with E-state index in [1.54, 1.807) is 55.1 Å². The lowest BCUT2D eigenvalue weighted by molar-refractivity contribution is -0.140. The molecule has 0 bridgehead atoms. The molecule has 0 saturated carbocycles. The van der Waals surface area contributed by atoms with Crippen LogP contribution in [-0.2, 0) is 16.1 Å². The smallest absolute Gasteiger partial charge is 0.295 e. The van der Waals surface area contributed by atoms with Gasteiger partial charge < -0.3 is 14.6 Å². The second-order valence-corrected chi connectivity index (χ2v) is 7.53. The summed E-state index contributed by atoms with van der Waals surface area (Å²) < 4.78 is 16.6. The fraction of sp³-hybridized carbons (Fsp3) is 0.208. The van der Waals surface area contributed by atoms with Crippen molar-refractivity contribution in [3.8, 4) is 0 Å². The molecule has 158 valence electrons. The fourth-order valence-corrected chi connectivity index (χ4v) is 3.84. The van der Waals surface area contributed by atoms with Crippen LogP contribution in [0.3, 0.4) is 0 Å². The van der Waals surface area contributed by atoms with Crippen LogP contribution in [0.5, 0.6) is 0 Å². The Labute approximate surface area is 179 Å². The number of aliphatic hydroxyl groups is 1. The predicted octanol–water partition coefficient (Wildman–Crippen LogP) is 3.84. The van der Waals surface area contributed by atoms with E-state index in [2.05, 4.69) is 4.98 Å². The van der Waals surface area contributed by atoms with Crippen LogP contribution in [0.25, 0.3) is 5.76 Å². The molecule has 1 aliphatic rings. The first-order valence-electron chi connectivity index (χ1n) is 10.0. The van der Waals surface area contributed by atoms with E-state index >= 15 is 0 Å². The van der Waals surface area contributed by atoms with Crippen LogP contribution in [0.15, 0.2) is 72.8 Å². The molecule has 1 amide bonds. The minimum absolute atomic E-state index is 0.0958. The zero-order valence-corrected chi connectivity index (χ0v) is 17.0. The SMILES string of the molecule is Cc1ccc(C(O)=C2C(=O)C(=O)N(CCCn3ccnc3)C2c2ccccc2F)cc1. The summed E-state index contributed by atoms with van der Waals surface area (Å²) in [5.41, 5.74) is 1.48. The zero-order valence-electron chi connectivity index (χ0n) is 17.0. The number of nitrogens with zero attached hydrogens (tertiary/aromatic N) is 3. The number of likely N-dealkylation sites (tertiary alicyclic amines) is 1. The first kappa shape index (κ1) is 20.5. The van der Waals surface area contributed by atoms with Gasteiger partial charge in [-0.05, 0) is 19.4 Å². The minimum Gasteiger partial charge on any atom is -0.507 e. The van der Waals surface area contributed by atoms with E-state index in [9.17, 15) is 19.1 Å². The Kier molecular flexibility index (Phi) is 5.66. The number of carbonyl (C=O) groups is 2. The van der Waals surface area contributed by atoms with E-state index < -0.39 is 23.5 Å². The van der Waals surface area contributed by atoms with E-state index in [0.29, 0.717) is 18.5 Å². The molecule has 31 heavy (non-hydrogen) atoms. The molecule has 1 atom stereocenters. The molecule has 3 aromatic rings. The first-order valence-corrected chi connectivity index (χ1v) is 10.0. The largest absolute Gasteiger partial charge is 0.507 e. The highest BCUT2D eigenvalue weighted by Gasteiger charge is 2.46. The van der Waals surface area contributed by atoms with Gasteiger partial charge in [0.05, 0.1) is 17.9 Å². The van der Waals surface area contributed by atoms with Crippen molar-refractivity contribution < 1.29 is 19.1 Å². The van der Waals surface area contributed by atoms with Crippen LogP contribution in [-0.4, -0.2) is 37.8 Å². The third kappa shape index (κ3) is 3.99. The molecule has 0 spiro atoms. The zero-order chi connectivity index (χ0) is 22.0. The van der Waals surface area contributed by atoms with Crippen molar-refractivity contribution in [2.75, 3.05) is 6.54 Å². The Balaban J connectivity index is 1.75. The molecule has 1 aromatic heterocycles. The predicted molar refractivity (Wildman–Crippen MR) is 113 cm³/mol. The summed E-state index contributed by atoms with van der Waals surface area (Å²) in [7, 11) is 0. The number of hydrogen-bond acceptors (Lipinski definition) is 4. The van der Waals surface area contributed by atoms with Crippen molar-refractivity contribution in [3.05, 3.63) is 95.3 Å². The molecular formula is C24H22FN3O3. The first-order chi connectivity index (χ1) is 15.0. The molecule has 1 N–H and O–H groups in total. The van der Waals surface area contributed by atoms with Crippen LogP contribution in [0.1, 0.15) is 29.2 Å². The molecule has 2 aromatic carbocycles. The van der Waals surface area contributed by atoms with Gasteiger partial charge in [-0.1, -0.05) is 48.0 Å². The number of aryl methyl sites for hydroxylation is 2. The van der Waals surface area contributed by atoms with Crippen LogP contribution in [0, 0.1) is 12.7 Å². The second kappa shape index (κ2) is 8.55. The summed E-state index contributed by atoms with van der Waals surface area (Å²) in [6, 6.07) is 12.0. The average molecular weight is 419 g/mol. The lowest BCUT2D eigenvalue weighted by Gasteiger charge is -2.25. The summed E-state index contributed by atoms with van der Waals surface area (Å²) in [6.07, 6.45) is 5.67. The standard InChI is InChI=1S/C24H22FN3O3/c1-16-7-9-17(10-8-16)22(29)20-21(18-5-2-3-6-19(18)25)28(24(31)23(20)30)13-4-12-27-14-11-26-15-27/h2-3,5-11,14-15,21,29H,4,12-13H2,1H3. The number of amides is 1. The summed E-state index contributed by atoms with van der Waals surface area (Å²) >= 11 is 0. The number of hydrogen-bond donors (Lipinski definition) is 1. The Morgan fingerprint density at radius 2 is 1.84 bits per heavy atom. The van der Waals surface area contributed by atoms with Crippen molar-refractivity contribution in [2.45, 2.75) is 25.9 Å². The third-order valence-corrected chi connectivity index (χ3v) is 5.44. The lowest BCUT2D eigenvalue weighted by atomic mass is 9.94. The van der Waals surface area contributed by atoms with Crippen LogP contribution in [0.4, 0.5) is 4.39 Å². The van der Waals surface area contributed by atoms with Crippen molar-refractivity contribution in [1.82, 2.24) is 14.5 Å². The maximum atomic E-state index is 14.7. The number of imidazole rings is 1. The quantitative estimate of drug-likeness (QED) is 0.374. The number of aromatic nitrogens is 2. The molecule has 6 nitrogen and oxygen atoms in total. The number of carbonyl (C=O) groups excluding carboxylic acids is 2. The van der Waals surface area contributed by atoms with Gasteiger partial charge in [0, 0.05) is 36.6 Å². The third-order valence-electron chi connectivity index (χ3n) is 5.44. The average Bonchev–Trinajstić information content (AvgIpc) is 3.36. The Morgan fingerprint density at radius 1 is 1.10 bits per heavy atom. The Bertz CT molecular complexity index is 1140. The number of ketones is 1. The Hall–Kier alpha value is -3.74. The highest BCUT2D eigenvalue weighted by molar-refractivity contribution is 6.46. The summed E-state index contributed by atoms with van der Waals surface area (Å²) in [5, 5.41) is 11.0. The minimum atomic E-state index is -0.995. The van der Waals surface area contributed by atoms with Crippen molar-refractivity contribution in [1.29, 1.82) is 0 Å². The molecule has 0 radical (unpaired) electrons. The highest BCUT2D eigenvalue weighted by atomic mass is 19.1. The van der Waals surface area contributed by atoms with E-state index in [0.717, 1.165) is 5.56 Å². The lowest BCUT2D eigenvalue weighted by Crippen LogP contribution is -2.31. The summed E-state index contributed by atoms with van der Waals surface area (Å²) in [6.45, 7) is 2.72. The van der Waals surface area contributed by atoms with Gasteiger partial charge in [0.1, 0.15) is 11.6 Å². The van der Waals surface area contributed by atoms with Crippen LogP contribution < -0.4 is 0 Å². The van der Waals surface area contributed by atoms with Crippen molar-refractivity contribution in [3.63, 3.8) is 0 Å². The van der Waals surface area contributed by atoms with Crippen molar-refractivity contribution in [2.24, 2.45) is 0 Å². The molecule has 1 saturated heterocycles. The van der Waals surface area contributed by atoms with E-state index in [1.807, 2.05) is 11.5 Å². The molecule has 2 heterocycles. The molecule has 1 unspecified atom stereocenters. The normalized spacial score (nSPS) is 18.0. The molecular weight excluding hydrogens is 397 g/mol. The number of rotatable bonds is 6. The second-order valence-electron chi connectivity index (χ2n) is 7.53. The Morgan fingerprint density at radius 3 is 2.52 bits per heavy atom. The number of Topliss-reactive ketones (excluding diaryl/α,β-unsaturated/α-hetero) is 1. The van der Waals surface area contributed by atoms with Gasteiger partial charge in [-0.15, -0.1) is 0 Å². The van der Waals surface area contributed by atoms with Gasteiger partial charge in [0.2, 0.25) is 0 Å². The molecule has 4 rings (SSSR count). The fourth-order valence-electron chi connectivity index (χ4n) is 3.84. The van der Waals surface area contributed by atoms with E-state index in [1.165, 1.54) is 17.0 Å². The van der Waals surface area contributed by atoms with Gasteiger partial charge in [-0.3, -0.25) is 9.59 Å².